The second-order valence-corrected chi connectivity index (χ2v) is 4.99. The third-order valence-corrected chi connectivity index (χ3v) is 3.55. The molecule has 0 bridgehead atoms. The molecule has 5 heteroatoms. The number of carboxylic acids is 1. The van der Waals surface area contributed by atoms with E-state index in [4.69, 9.17) is 9.84 Å². The van der Waals surface area contributed by atoms with Gasteiger partial charge in [-0.1, -0.05) is 6.42 Å². The summed E-state index contributed by atoms with van der Waals surface area (Å²) in [5, 5.41) is 8.89. The number of carbonyl (C=O) groups excluding carboxylic acids is 1. The van der Waals surface area contributed by atoms with Gasteiger partial charge in [-0.25, -0.2) is 0 Å². The Kier molecular flexibility index (Phi) is 6.12. The third-order valence-electron chi connectivity index (χ3n) is 3.55. The largest absolute Gasteiger partial charge is 0.481 e. The van der Waals surface area contributed by atoms with Crippen molar-refractivity contribution in [1.29, 1.82) is 0 Å². The van der Waals surface area contributed by atoms with Gasteiger partial charge in [0.2, 0.25) is 5.91 Å². The topological polar surface area (TPSA) is 66.8 Å². The van der Waals surface area contributed by atoms with E-state index in [-0.39, 0.29) is 5.91 Å². The number of carboxylic acid groups (broad SMARTS) is 1. The summed E-state index contributed by atoms with van der Waals surface area (Å²) < 4.78 is 5.07. The Labute approximate surface area is 108 Å². The van der Waals surface area contributed by atoms with Crippen LogP contribution in [0.3, 0.4) is 0 Å². The molecule has 1 amide bonds. The van der Waals surface area contributed by atoms with Crippen molar-refractivity contribution >= 4 is 11.9 Å². The lowest BCUT2D eigenvalue weighted by molar-refractivity contribution is -0.150. The van der Waals surface area contributed by atoms with Crippen LogP contribution >= 0.6 is 0 Å². The van der Waals surface area contributed by atoms with Crippen molar-refractivity contribution in [3.05, 3.63) is 0 Å². The molecule has 1 saturated heterocycles. The van der Waals surface area contributed by atoms with Crippen LogP contribution in [0.1, 0.15) is 32.6 Å². The van der Waals surface area contributed by atoms with Crippen LogP contribution in [0.25, 0.3) is 0 Å². The molecule has 18 heavy (non-hydrogen) atoms. The number of hydrogen-bond donors (Lipinski definition) is 1. The summed E-state index contributed by atoms with van der Waals surface area (Å²) >= 11 is 0. The van der Waals surface area contributed by atoms with Crippen molar-refractivity contribution in [3.63, 3.8) is 0 Å². The summed E-state index contributed by atoms with van der Waals surface area (Å²) in [6.45, 7) is 3.50. The molecule has 0 radical (unpaired) electrons. The fourth-order valence-corrected chi connectivity index (χ4v) is 2.33. The minimum atomic E-state index is -1.04. The summed E-state index contributed by atoms with van der Waals surface area (Å²) in [5.41, 5.74) is 0. The zero-order valence-corrected chi connectivity index (χ0v) is 11.2. The molecule has 1 fully saturated rings. The van der Waals surface area contributed by atoms with Gasteiger partial charge in [0.1, 0.15) is 5.92 Å². The predicted molar refractivity (Wildman–Crippen MR) is 67.2 cm³/mol. The first-order valence-corrected chi connectivity index (χ1v) is 6.56. The maximum absolute atomic E-state index is 12.0. The van der Waals surface area contributed by atoms with Crippen molar-refractivity contribution in [2.45, 2.75) is 32.6 Å². The molecule has 1 aliphatic rings. The molecular formula is C13H23NO4. The quantitative estimate of drug-likeness (QED) is 0.755. The van der Waals surface area contributed by atoms with Gasteiger partial charge in [0.15, 0.2) is 0 Å². The Morgan fingerprint density at radius 2 is 2.17 bits per heavy atom. The molecule has 104 valence electrons. The highest BCUT2D eigenvalue weighted by atomic mass is 16.5. The van der Waals surface area contributed by atoms with Gasteiger partial charge in [-0.2, -0.15) is 0 Å². The number of nitrogens with zero attached hydrogens (tertiary/aromatic N) is 1. The van der Waals surface area contributed by atoms with E-state index in [1.54, 1.807) is 12.0 Å². The van der Waals surface area contributed by atoms with Gasteiger partial charge in [0.05, 0.1) is 0 Å². The Hall–Kier alpha value is -1.10. The zero-order valence-electron chi connectivity index (χ0n) is 11.2. The summed E-state index contributed by atoms with van der Waals surface area (Å²) in [6.07, 6.45) is 4.08. The van der Waals surface area contributed by atoms with Gasteiger partial charge in [-0.05, 0) is 32.1 Å². The number of aliphatic carboxylic acids is 1. The van der Waals surface area contributed by atoms with E-state index in [0.29, 0.717) is 25.6 Å². The SMILES string of the molecule is COCCC1CCCCN(C(=O)C(C)C(=O)O)C1. The van der Waals surface area contributed by atoms with E-state index >= 15 is 0 Å². The van der Waals surface area contributed by atoms with Crippen LogP contribution in [0, 0.1) is 11.8 Å². The minimum absolute atomic E-state index is 0.258. The number of likely N-dealkylation sites (tertiary alicyclic amines) is 1. The summed E-state index contributed by atoms with van der Waals surface area (Å²) in [6, 6.07) is 0. The van der Waals surface area contributed by atoms with Gasteiger partial charge in [-0.15, -0.1) is 0 Å². The van der Waals surface area contributed by atoms with E-state index in [2.05, 4.69) is 0 Å². The van der Waals surface area contributed by atoms with E-state index < -0.39 is 11.9 Å². The molecule has 5 nitrogen and oxygen atoms in total. The van der Waals surface area contributed by atoms with Gasteiger partial charge < -0.3 is 14.7 Å². The Morgan fingerprint density at radius 1 is 1.44 bits per heavy atom. The average molecular weight is 257 g/mol. The first-order chi connectivity index (χ1) is 8.56. The summed E-state index contributed by atoms with van der Waals surface area (Å²) in [7, 11) is 1.67. The molecule has 1 aliphatic heterocycles. The second-order valence-electron chi connectivity index (χ2n) is 4.99. The molecule has 0 aromatic carbocycles. The first kappa shape index (κ1) is 15.0. The van der Waals surface area contributed by atoms with Crippen LogP contribution in [-0.2, 0) is 14.3 Å². The fourth-order valence-electron chi connectivity index (χ4n) is 2.33. The maximum Gasteiger partial charge on any atom is 0.315 e. The van der Waals surface area contributed by atoms with Crippen LogP contribution in [-0.4, -0.2) is 48.7 Å². The van der Waals surface area contributed by atoms with Crippen molar-refractivity contribution in [2.75, 3.05) is 26.8 Å². The molecule has 0 saturated carbocycles. The minimum Gasteiger partial charge on any atom is -0.481 e. The monoisotopic (exact) mass is 257 g/mol. The van der Waals surface area contributed by atoms with Crippen molar-refractivity contribution < 1.29 is 19.4 Å². The number of methoxy groups -OCH3 is 1. The molecule has 0 aromatic heterocycles. The van der Waals surface area contributed by atoms with E-state index in [0.717, 1.165) is 25.7 Å². The summed E-state index contributed by atoms with van der Waals surface area (Å²) in [5.74, 6) is -1.81. The normalized spacial score (nSPS) is 22.3. The number of hydrogen-bond acceptors (Lipinski definition) is 3. The lowest BCUT2D eigenvalue weighted by Crippen LogP contribution is -2.40. The first-order valence-electron chi connectivity index (χ1n) is 6.56. The van der Waals surface area contributed by atoms with Crippen LogP contribution in [0.2, 0.25) is 0 Å². The molecule has 2 unspecified atom stereocenters. The molecule has 0 aromatic rings. The third kappa shape index (κ3) is 4.29. The van der Waals surface area contributed by atoms with Crippen LogP contribution in [0.4, 0.5) is 0 Å². The molecule has 2 atom stereocenters. The van der Waals surface area contributed by atoms with Crippen molar-refractivity contribution in [1.82, 2.24) is 4.90 Å². The zero-order chi connectivity index (χ0) is 13.5. The number of rotatable bonds is 5. The predicted octanol–water partition coefficient (Wildman–Crippen LogP) is 1.37. The van der Waals surface area contributed by atoms with E-state index in [1.807, 2.05) is 0 Å². The van der Waals surface area contributed by atoms with E-state index in [1.165, 1.54) is 6.92 Å². The van der Waals surface area contributed by atoms with Crippen molar-refractivity contribution in [3.8, 4) is 0 Å². The molecule has 0 aliphatic carbocycles. The van der Waals surface area contributed by atoms with Gasteiger partial charge in [-0.3, -0.25) is 9.59 Å². The standard InChI is InChI=1S/C13H23NO4/c1-10(13(16)17)12(15)14-7-4-3-5-11(9-14)6-8-18-2/h10-11H,3-9H2,1-2H3,(H,16,17). The van der Waals surface area contributed by atoms with Gasteiger partial charge >= 0.3 is 5.97 Å². The molecule has 1 rings (SSSR count). The highest BCUT2D eigenvalue weighted by Gasteiger charge is 2.28. The summed E-state index contributed by atoms with van der Waals surface area (Å²) in [4.78, 5) is 24.6. The smallest absolute Gasteiger partial charge is 0.315 e. The average Bonchev–Trinajstić information content (AvgIpc) is 2.59. The lowest BCUT2D eigenvalue weighted by Gasteiger charge is -2.26. The molecule has 1 N–H and O–H groups in total. The number of carbonyl (C=O) groups is 2. The second kappa shape index (κ2) is 7.36. The number of ether oxygens (including phenoxy) is 1. The van der Waals surface area contributed by atoms with Gasteiger partial charge in [0, 0.05) is 26.8 Å². The Balaban J connectivity index is 2.57. The van der Waals surface area contributed by atoms with E-state index in [9.17, 15) is 9.59 Å². The lowest BCUT2D eigenvalue weighted by atomic mass is 10.00. The highest BCUT2D eigenvalue weighted by Crippen LogP contribution is 2.20. The Bertz CT molecular complexity index is 293. The van der Waals surface area contributed by atoms with Crippen molar-refractivity contribution in [2.24, 2.45) is 11.8 Å². The molecule has 1 heterocycles. The van der Waals surface area contributed by atoms with Crippen LogP contribution < -0.4 is 0 Å². The molecular weight excluding hydrogens is 234 g/mol. The number of amides is 1. The Morgan fingerprint density at radius 3 is 2.78 bits per heavy atom. The van der Waals surface area contributed by atoms with Crippen LogP contribution in [0.5, 0.6) is 0 Å². The maximum atomic E-state index is 12.0. The highest BCUT2D eigenvalue weighted by molar-refractivity contribution is 5.96. The van der Waals surface area contributed by atoms with Gasteiger partial charge in [0.25, 0.3) is 0 Å². The fraction of sp³-hybridized carbons (Fsp3) is 0.846. The van der Waals surface area contributed by atoms with Crippen LogP contribution in [0.15, 0.2) is 0 Å². The molecule has 0 spiro atoms.